The van der Waals surface area contributed by atoms with Gasteiger partial charge in [0.05, 0.1) is 5.75 Å². The Balaban J connectivity index is 2.53. The van der Waals surface area contributed by atoms with Gasteiger partial charge in [0, 0.05) is 17.8 Å². The van der Waals surface area contributed by atoms with Gasteiger partial charge in [0.1, 0.15) is 0 Å². The molecular weight excluding hydrogens is 222 g/mol. The van der Waals surface area contributed by atoms with Crippen LogP contribution in [0.4, 0.5) is 0 Å². The van der Waals surface area contributed by atoms with Gasteiger partial charge in [-0.1, -0.05) is 34.6 Å². The molecule has 0 aliphatic heterocycles. The van der Waals surface area contributed by atoms with Crippen molar-refractivity contribution < 1.29 is 8.42 Å². The summed E-state index contributed by atoms with van der Waals surface area (Å²) < 4.78 is 23.0. The fourth-order valence-corrected chi connectivity index (χ4v) is 3.54. The van der Waals surface area contributed by atoms with Crippen LogP contribution in [0, 0.1) is 10.8 Å². The largest absolute Gasteiger partial charge is 0.309 e. The van der Waals surface area contributed by atoms with Crippen molar-refractivity contribution in [1.82, 2.24) is 5.32 Å². The first kappa shape index (κ1) is 14.0. The van der Waals surface area contributed by atoms with Gasteiger partial charge < -0.3 is 5.32 Å². The Kier molecular flexibility index (Phi) is 3.48. The van der Waals surface area contributed by atoms with E-state index in [4.69, 9.17) is 0 Å². The molecule has 1 aliphatic carbocycles. The summed E-state index contributed by atoms with van der Waals surface area (Å²) in [5, 5.41) is 3.45. The molecule has 0 spiro atoms. The van der Waals surface area contributed by atoms with Gasteiger partial charge in [0.25, 0.3) is 0 Å². The Morgan fingerprint density at radius 2 is 1.62 bits per heavy atom. The molecule has 1 rings (SSSR count). The molecule has 0 amide bonds. The third-order valence-electron chi connectivity index (χ3n) is 4.42. The Hall–Kier alpha value is -0.0900. The molecule has 0 heterocycles. The molecule has 1 unspecified atom stereocenters. The summed E-state index contributed by atoms with van der Waals surface area (Å²) in [6.45, 7) is 12.6. The minimum absolute atomic E-state index is 0.0380. The maximum Gasteiger partial charge on any atom is 0.151 e. The third-order valence-corrected chi connectivity index (χ3v) is 6.30. The van der Waals surface area contributed by atoms with Crippen molar-refractivity contribution in [3.05, 3.63) is 0 Å². The van der Waals surface area contributed by atoms with Crippen LogP contribution in [-0.2, 0) is 9.84 Å². The molecule has 4 heteroatoms. The summed E-state index contributed by atoms with van der Waals surface area (Å²) in [6.07, 6.45) is 0. The summed E-state index contributed by atoms with van der Waals surface area (Å²) in [5.41, 5.74) is 0.522. The van der Waals surface area contributed by atoms with E-state index in [-0.39, 0.29) is 28.4 Å². The minimum atomic E-state index is -2.87. The summed E-state index contributed by atoms with van der Waals surface area (Å²) in [7, 11) is -2.87. The normalized spacial score (nSPS) is 25.4. The Morgan fingerprint density at radius 3 is 1.94 bits per heavy atom. The molecule has 96 valence electrons. The lowest BCUT2D eigenvalue weighted by atomic mass is 10.0. The molecule has 16 heavy (non-hydrogen) atoms. The van der Waals surface area contributed by atoms with Gasteiger partial charge in [-0.25, -0.2) is 8.42 Å². The van der Waals surface area contributed by atoms with E-state index in [1.54, 1.807) is 6.92 Å². The lowest BCUT2D eigenvalue weighted by Gasteiger charge is -2.15. The molecule has 3 nitrogen and oxygen atoms in total. The molecule has 1 N–H and O–H groups in total. The first-order valence-corrected chi connectivity index (χ1v) is 7.83. The summed E-state index contributed by atoms with van der Waals surface area (Å²) in [5.74, 6) is 0.475. The average molecular weight is 247 g/mol. The second kappa shape index (κ2) is 3.98. The first-order chi connectivity index (χ1) is 7.04. The first-order valence-electron chi connectivity index (χ1n) is 6.01. The van der Waals surface area contributed by atoms with Crippen molar-refractivity contribution in [2.24, 2.45) is 10.8 Å². The van der Waals surface area contributed by atoms with Gasteiger partial charge in [-0.05, 0) is 17.8 Å². The second-order valence-electron chi connectivity index (χ2n) is 6.14. The predicted molar refractivity (Wildman–Crippen MR) is 68.3 cm³/mol. The predicted octanol–water partition coefficient (Wildman–Crippen LogP) is 1.83. The molecule has 1 saturated carbocycles. The van der Waals surface area contributed by atoms with E-state index in [9.17, 15) is 8.42 Å². The van der Waals surface area contributed by atoms with Crippen LogP contribution in [0.5, 0.6) is 0 Å². The van der Waals surface area contributed by atoms with Crippen LogP contribution in [0.15, 0.2) is 0 Å². The van der Waals surface area contributed by atoms with Gasteiger partial charge in [-0.2, -0.15) is 0 Å². The Morgan fingerprint density at radius 1 is 1.19 bits per heavy atom. The SMILES string of the molecule is CCS(=O)(=O)CC(C)NC1C(C)(C)C1(C)C. The van der Waals surface area contributed by atoms with Crippen LogP contribution >= 0.6 is 0 Å². The molecule has 1 aliphatic rings. The average Bonchev–Trinajstić information content (AvgIpc) is 2.47. The van der Waals surface area contributed by atoms with E-state index < -0.39 is 9.84 Å². The molecule has 0 radical (unpaired) electrons. The van der Waals surface area contributed by atoms with E-state index in [0.717, 1.165) is 0 Å². The maximum absolute atomic E-state index is 11.5. The summed E-state index contributed by atoms with van der Waals surface area (Å²) >= 11 is 0. The maximum atomic E-state index is 11.5. The molecule has 1 fully saturated rings. The van der Waals surface area contributed by atoms with E-state index >= 15 is 0 Å². The van der Waals surface area contributed by atoms with E-state index in [0.29, 0.717) is 6.04 Å². The van der Waals surface area contributed by atoms with Crippen LogP contribution in [-0.4, -0.2) is 32.0 Å². The Bertz CT molecular complexity index is 343. The highest BCUT2D eigenvalue weighted by molar-refractivity contribution is 7.91. The highest BCUT2D eigenvalue weighted by Crippen LogP contribution is 2.62. The van der Waals surface area contributed by atoms with Gasteiger partial charge in [-0.15, -0.1) is 0 Å². The van der Waals surface area contributed by atoms with Crippen molar-refractivity contribution in [1.29, 1.82) is 0 Å². The molecule has 0 aromatic rings. The number of hydrogen-bond donors (Lipinski definition) is 1. The van der Waals surface area contributed by atoms with Gasteiger partial charge in [0.2, 0.25) is 0 Å². The van der Waals surface area contributed by atoms with Crippen LogP contribution < -0.4 is 5.32 Å². The molecule has 0 aromatic carbocycles. The molecule has 0 bridgehead atoms. The van der Waals surface area contributed by atoms with Crippen molar-refractivity contribution in [3.63, 3.8) is 0 Å². The Labute approximate surface area is 99.9 Å². The standard InChI is InChI=1S/C12H25NO2S/c1-7-16(14,15)8-9(2)13-10-11(3,4)12(10,5)6/h9-10,13H,7-8H2,1-6H3. The highest BCUT2D eigenvalue weighted by atomic mass is 32.2. The fourth-order valence-electron chi connectivity index (χ4n) is 2.44. The fraction of sp³-hybridized carbons (Fsp3) is 1.00. The number of sulfone groups is 1. The van der Waals surface area contributed by atoms with Crippen LogP contribution in [0.25, 0.3) is 0 Å². The number of nitrogens with one attached hydrogen (secondary N) is 1. The molecule has 1 atom stereocenters. The van der Waals surface area contributed by atoms with Crippen LogP contribution in [0.2, 0.25) is 0 Å². The molecule has 0 aromatic heterocycles. The van der Waals surface area contributed by atoms with E-state index in [2.05, 4.69) is 33.0 Å². The van der Waals surface area contributed by atoms with Crippen LogP contribution in [0.1, 0.15) is 41.5 Å². The lowest BCUT2D eigenvalue weighted by Crippen LogP contribution is -2.37. The smallest absolute Gasteiger partial charge is 0.151 e. The third kappa shape index (κ3) is 2.43. The van der Waals surface area contributed by atoms with Crippen molar-refractivity contribution in [3.8, 4) is 0 Å². The van der Waals surface area contributed by atoms with Crippen molar-refractivity contribution in [2.45, 2.75) is 53.6 Å². The van der Waals surface area contributed by atoms with Crippen molar-refractivity contribution >= 4 is 9.84 Å². The van der Waals surface area contributed by atoms with Gasteiger partial charge in [-0.3, -0.25) is 0 Å². The lowest BCUT2D eigenvalue weighted by molar-refractivity contribution is 0.457. The van der Waals surface area contributed by atoms with Crippen LogP contribution in [0.3, 0.4) is 0 Å². The summed E-state index contributed by atoms with van der Waals surface area (Å²) in [4.78, 5) is 0. The second-order valence-corrected chi connectivity index (χ2v) is 8.54. The monoisotopic (exact) mass is 247 g/mol. The zero-order chi connectivity index (χ0) is 12.8. The van der Waals surface area contributed by atoms with Gasteiger partial charge in [0.15, 0.2) is 9.84 Å². The number of rotatable bonds is 5. The van der Waals surface area contributed by atoms with Crippen molar-refractivity contribution in [2.75, 3.05) is 11.5 Å². The molecular formula is C12H25NO2S. The topological polar surface area (TPSA) is 46.2 Å². The highest BCUT2D eigenvalue weighted by Gasteiger charge is 2.64. The molecule has 0 saturated heterocycles. The quantitative estimate of drug-likeness (QED) is 0.806. The van der Waals surface area contributed by atoms with E-state index in [1.807, 2.05) is 6.92 Å². The zero-order valence-corrected chi connectivity index (χ0v) is 12.1. The number of hydrogen-bond acceptors (Lipinski definition) is 3. The van der Waals surface area contributed by atoms with E-state index in [1.165, 1.54) is 0 Å². The minimum Gasteiger partial charge on any atom is -0.309 e. The zero-order valence-electron chi connectivity index (χ0n) is 11.3. The summed E-state index contributed by atoms with van der Waals surface area (Å²) in [6, 6.07) is 0.457. The van der Waals surface area contributed by atoms with Gasteiger partial charge >= 0.3 is 0 Å².